The van der Waals surface area contributed by atoms with Gasteiger partial charge in [-0.15, -0.1) is 0 Å². The van der Waals surface area contributed by atoms with Crippen molar-refractivity contribution in [3.8, 4) is 0 Å². The molecule has 0 saturated heterocycles. The summed E-state index contributed by atoms with van der Waals surface area (Å²) < 4.78 is 0. The number of benzene rings is 2. The normalized spacial score (nSPS) is 8.20. The zero-order valence-corrected chi connectivity index (χ0v) is 10.6. The summed E-state index contributed by atoms with van der Waals surface area (Å²) in [4.78, 5) is 3.00. The molecule has 0 unspecified atom stereocenters. The van der Waals surface area contributed by atoms with Crippen LogP contribution in [-0.2, 0) is 0 Å². The van der Waals surface area contributed by atoms with E-state index >= 15 is 0 Å². The Hall–Kier alpha value is -3.20. The van der Waals surface area contributed by atoms with E-state index in [9.17, 15) is 0 Å². The Bertz CT molecular complexity index is 512. The van der Waals surface area contributed by atoms with Crippen LogP contribution < -0.4 is 0 Å². The molecule has 0 fully saturated rings. The third-order valence-electron chi connectivity index (χ3n) is 2.07. The largest absolute Gasteiger partial charge is 0.373 e. The van der Waals surface area contributed by atoms with Gasteiger partial charge in [0.25, 0.3) is 0 Å². The van der Waals surface area contributed by atoms with E-state index in [1.165, 1.54) is 21.0 Å². The van der Waals surface area contributed by atoms with E-state index in [1.54, 1.807) is 0 Å². The molecule has 0 atom stereocenters. The van der Waals surface area contributed by atoms with Crippen molar-refractivity contribution in [2.75, 3.05) is 0 Å². The molecule has 0 spiro atoms. The van der Waals surface area contributed by atoms with Crippen LogP contribution in [0.25, 0.3) is 44.1 Å². The summed E-state index contributed by atoms with van der Waals surface area (Å²) >= 11 is 0. The maximum Gasteiger partial charge on any atom is -0.0256 e. The molecule has 2 rings (SSSR count). The fourth-order valence-electron chi connectivity index (χ4n) is 1.32. The average molecular weight is 264 g/mol. The van der Waals surface area contributed by atoms with Crippen LogP contribution >= 0.6 is 0 Å². The molecule has 2 aromatic rings. The van der Waals surface area contributed by atoms with Gasteiger partial charge < -0.3 is 22.1 Å². The summed E-state index contributed by atoms with van der Waals surface area (Å²) in [7, 11) is 0. The highest BCUT2D eigenvalue weighted by Crippen LogP contribution is 2.06. The van der Waals surface area contributed by atoms with Crippen LogP contribution in [0, 0.1) is 0 Å². The zero-order chi connectivity index (χ0) is 15.1. The fraction of sp³-hybridized carbons (Fsp3) is 0. The van der Waals surface area contributed by atoms with Crippen molar-refractivity contribution < 1.29 is 0 Å². The summed E-state index contributed by atoms with van der Waals surface area (Å²) in [6.07, 6.45) is 4.24. The molecule has 0 aliphatic carbocycles. The minimum Gasteiger partial charge on any atom is -0.373 e. The Balaban J connectivity index is 0.000000520. The van der Waals surface area contributed by atoms with Crippen LogP contribution in [0.5, 0.6) is 0 Å². The molecule has 6 heteroatoms. The zero-order valence-electron chi connectivity index (χ0n) is 10.6. The molecule has 0 saturated carbocycles. The molecule has 0 heterocycles. The summed E-state index contributed by atoms with van der Waals surface area (Å²) in [6, 6.07) is 20.6. The first-order chi connectivity index (χ1) is 9.78. The number of hydrogen-bond acceptors (Lipinski definition) is 0. The SMILES string of the molecule is C(=Cc1ccccc1)c1ccccc1.[N-]=[N+]=[N-].[N-]=[N+]=[N-]. The summed E-state index contributed by atoms with van der Waals surface area (Å²) in [5.41, 5.74) is 29.5. The van der Waals surface area contributed by atoms with Crippen LogP contribution in [0.4, 0.5) is 0 Å². The molecular formula is C14H12N6-2. The first-order valence-electron chi connectivity index (χ1n) is 5.53. The first-order valence-corrected chi connectivity index (χ1v) is 5.53. The van der Waals surface area contributed by atoms with Gasteiger partial charge in [0.2, 0.25) is 0 Å². The third kappa shape index (κ3) is 8.90. The molecular weight excluding hydrogens is 252 g/mol. The summed E-state index contributed by atoms with van der Waals surface area (Å²) in [6.45, 7) is 0. The maximum absolute atomic E-state index is 6.75. The molecule has 100 valence electrons. The van der Waals surface area contributed by atoms with Crippen LogP contribution in [0.1, 0.15) is 11.1 Å². The lowest BCUT2D eigenvalue weighted by Gasteiger charge is -1.92. The second kappa shape index (κ2) is 12.3. The molecule has 0 radical (unpaired) electrons. The van der Waals surface area contributed by atoms with Crippen molar-refractivity contribution in [2.45, 2.75) is 0 Å². The molecule has 0 aliphatic heterocycles. The van der Waals surface area contributed by atoms with E-state index in [4.69, 9.17) is 22.1 Å². The topological polar surface area (TPSA) is 117 Å². The quantitative estimate of drug-likeness (QED) is 0.291. The predicted molar refractivity (Wildman–Crippen MR) is 82.0 cm³/mol. The van der Waals surface area contributed by atoms with Gasteiger partial charge >= 0.3 is 0 Å². The third-order valence-corrected chi connectivity index (χ3v) is 2.07. The van der Waals surface area contributed by atoms with E-state index in [2.05, 4.69) is 36.4 Å². The van der Waals surface area contributed by atoms with Gasteiger partial charge in [0.1, 0.15) is 0 Å². The number of hydrogen-bond donors (Lipinski definition) is 0. The molecule has 0 aromatic heterocycles. The highest BCUT2D eigenvalue weighted by molar-refractivity contribution is 5.69. The molecule has 2 aromatic carbocycles. The van der Waals surface area contributed by atoms with Gasteiger partial charge in [0.05, 0.1) is 0 Å². The van der Waals surface area contributed by atoms with Crippen LogP contribution in [0.15, 0.2) is 60.7 Å². The minimum atomic E-state index is 1.23. The van der Waals surface area contributed by atoms with Crippen molar-refractivity contribution in [1.29, 1.82) is 0 Å². The van der Waals surface area contributed by atoms with Gasteiger partial charge in [-0.1, -0.05) is 72.8 Å². The van der Waals surface area contributed by atoms with Crippen molar-refractivity contribution >= 4 is 12.2 Å². The van der Waals surface area contributed by atoms with E-state index in [0.29, 0.717) is 0 Å². The van der Waals surface area contributed by atoms with Crippen molar-refractivity contribution in [1.82, 2.24) is 0 Å². The Morgan fingerprint density at radius 1 is 0.550 bits per heavy atom. The van der Waals surface area contributed by atoms with E-state index in [0.717, 1.165) is 0 Å². The smallest absolute Gasteiger partial charge is 0.0256 e. The molecule has 0 aliphatic rings. The highest BCUT2D eigenvalue weighted by Gasteiger charge is 1.84. The highest BCUT2D eigenvalue weighted by atomic mass is 15.0. The maximum atomic E-state index is 6.75. The lowest BCUT2D eigenvalue weighted by molar-refractivity contribution is 1.65. The number of nitrogens with zero attached hydrogens (tertiary/aromatic N) is 6. The van der Waals surface area contributed by atoms with Gasteiger partial charge in [-0.3, -0.25) is 9.82 Å². The molecule has 0 amide bonds. The number of rotatable bonds is 2. The van der Waals surface area contributed by atoms with Crippen LogP contribution in [0.3, 0.4) is 0 Å². The molecule has 6 nitrogen and oxygen atoms in total. The average Bonchev–Trinajstić information content (AvgIpc) is 2.49. The lowest BCUT2D eigenvalue weighted by atomic mass is 10.1. The van der Waals surface area contributed by atoms with Gasteiger partial charge in [0, 0.05) is 0 Å². The fourth-order valence-corrected chi connectivity index (χ4v) is 1.32. The second-order valence-electron chi connectivity index (χ2n) is 3.33. The van der Waals surface area contributed by atoms with E-state index < -0.39 is 0 Å². The van der Waals surface area contributed by atoms with Gasteiger partial charge in [-0.05, 0) is 11.1 Å². The van der Waals surface area contributed by atoms with Gasteiger partial charge in [-0.2, -0.15) is 0 Å². The minimum absolute atomic E-state index is 1.23. The van der Waals surface area contributed by atoms with Crippen LogP contribution in [-0.4, -0.2) is 0 Å². The lowest BCUT2D eigenvalue weighted by Crippen LogP contribution is -1.70. The molecule has 20 heavy (non-hydrogen) atoms. The molecule has 0 bridgehead atoms. The van der Waals surface area contributed by atoms with E-state index in [1.807, 2.05) is 36.4 Å². The summed E-state index contributed by atoms with van der Waals surface area (Å²) in [5.74, 6) is 0. The van der Waals surface area contributed by atoms with Crippen molar-refractivity contribution in [3.05, 3.63) is 104 Å². The van der Waals surface area contributed by atoms with Crippen molar-refractivity contribution in [3.63, 3.8) is 0 Å². The first kappa shape index (κ1) is 16.8. The standard InChI is InChI=1S/C14H12.2N3/c1-3-7-13(8-4-1)11-12-14-9-5-2-6-10-14;2*1-3-2/h1-12H;;/q;2*-1. The monoisotopic (exact) mass is 264 g/mol. The Morgan fingerprint density at radius 3 is 1.05 bits per heavy atom. The van der Waals surface area contributed by atoms with Crippen molar-refractivity contribution in [2.24, 2.45) is 0 Å². The molecule has 0 N–H and O–H groups in total. The van der Waals surface area contributed by atoms with Gasteiger partial charge in [0.15, 0.2) is 0 Å². The van der Waals surface area contributed by atoms with Crippen LogP contribution in [0.2, 0.25) is 0 Å². The van der Waals surface area contributed by atoms with E-state index in [-0.39, 0.29) is 0 Å². The van der Waals surface area contributed by atoms with Gasteiger partial charge in [-0.25, -0.2) is 0 Å². The summed E-state index contributed by atoms with van der Waals surface area (Å²) in [5, 5.41) is 0. The Labute approximate surface area is 116 Å². The predicted octanol–water partition coefficient (Wildman–Crippen LogP) is 5.59. The Morgan fingerprint density at radius 2 is 0.800 bits per heavy atom. The second-order valence-corrected chi connectivity index (χ2v) is 3.33. The Kier molecular flexibility index (Phi) is 10.3.